The molecule has 0 bridgehead atoms. The molecule has 1 aromatic carbocycles. The van der Waals surface area contributed by atoms with Gasteiger partial charge in [-0.3, -0.25) is 9.69 Å². The van der Waals surface area contributed by atoms with Gasteiger partial charge in [0.25, 0.3) is 5.91 Å². The molecule has 2 aliphatic rings. The smallest absolute Gasteiger partial charge is 0.263 e. The van der Waals surface area contributed by atoms with E-state index in [9.17, 15) is 4.79 Å². The number of benzene rings is 1. The molecular weight excluding hydrogens is 412 g/mol. The Hall–Kier alpha value is -2.32. The number of hydrogen-bond donors (Lipinski definition) is 0. The first-order chi connectivity index (χ1) is 15.1. The fraction of sp³-hybridized carbons (Fsp3) is 0.565. The van der Waals surface area contributed by atoms with E-state index in [4.69, 9.17) is 14.5 Å². The number of ether oxygens (including phenoxy) is 2. The number of amides is 1. The molecule has 1 atom stereocenters. The van der Waals surface area contributed by atoms with Crippen molar-refractivity contribution in [1.82, 2.24) is 14.8 Å². The Morgan fingerprint density at radius 3 is 2.48 bits per heavy atom. The molecule has 2 aromatic rings. The number of nitrogens with zero attached hydrogens (tertiary/aromatic N) is 4. The summed E-state index contributed by atoms with van der Waals surface area (Å²) in [5.74, 6) is 1.24. The van der Waals surface area contributed by atoms with Crippen LogP contribution in [0.1, 0.15) is 31.9 Å². The van der Waals surface area contributed by atoms with E-state index in [1.54, 1.807) is 25.4 Å². The zero-order valence-corrected chi connectivity index (χ0v) is 19.3. The first-order valence-corrected chi connectivity index (χ1v) is 12.0. The number of thiazole rings is 1. The summed E-state index contributed by atoms with van der Waals surface area (Å²) in [6.45, 7) is 8.07. The molecule has 8 heteroatoms. The molecule has 0 radical (unpaired) electrons. The van der Waals surface area contributed by atoms with E-state index in [1.165, 1.54) is 38.0 Å². The van der Waals surface area contributed by atoms with E-state index in [0.29, 0.717) is 24.6 Å². The molecule has 0 spiro atoms. The predicted octanol–water partition coefficient (Wildman–Crippen LogP) is 3.25. The molecule has 3 heterocycles. The van der Waals surface area contributed by atoms with Crippen molar-refractivity contribution in [1.29, 1.82) is 0 Å². The van der Waals surface area contributed by atoms with Gasteiger partial charge in [-0.1, -0.05) is 18.6 Å². The molecule has 1 aromatic heterocycles. The van der Waals surface area contributed by atoms with Crippen molar-refractivity contribution in [2.75, 3.05) is 51.3 Å². The van der Waals surface area contributed by atoms with Crippen LogP contribution in [0, 0.1) is 0 Å². The Bertz CT molecular complexity index is 860. The standard InChI is InChI=1S/C23H32N4O3S/c1-18(30-21-9-5-4-8-20(21)29-2)22(28)26-12-14-27(15-13-26)23-24-19(17-31-23)16-25-10-6-3-7-11-25/h4-5,8-9,17-18H,3,6-7,10-16H2,1-2H3/t18-/m0/s1. The van der Waals surface area contributed by atoms with E-state index in [2.05, 4.69) is 15.2 Å². The molecule has 31 heavy (non-hydrogen) atoms. The Morgan fingerprint density at radius 1 is 1.06 bits per heavy atom. The van der Waals surface area contributed by atoms with E-state index >= 15 is 0 Å². The van der Waals surface area contributed by atoms with Gasteiger partial charge in [-0.05, 0) is 45.0 Å². The van der Waals surface area contributed by atoms with Gasteiger partial charge < -0.3 is 19.3 Å². The second-order valence-electron chi connectivity index (χ2n) is 8.18. The van der Waals surface area contributed by atoms with Gasteiger partial charge in [0.05, 0.1) is 12.8 Å². The van der Waals surface area contributed by atoms with Gasteiger partial charge in [0, 0.05) is 38.1 Å². The number of rotatable bonds is 7. The van der Waals surface area contributed by atoms with Crippen LogP contribution in [0.15, 0.2) is 29.6 Å². The van der Waals surface area contributed by atoms with Crippen LogP contribution in [0.4, 0.5) is 5.13 Å². The lowest BCUT2D eigenvalue weighted by molar-refractivity contribution is -0.138. The van der Waals surface area contributed by atoms with Gasteiger partial charge in [-0.2, -0.15) is 0 Å². The lowest BCUT2D eigenvalue weighted by atomic mass is 10.1. The van der Waals surface area contributed by atoms with Crippen LogP contribution in [0.2, 0.25) is 0 Å². The summed E-state index contributed by atoms with van der Waals surface area (Å²) in [5, 5.41) is 3.25. The van der Waals surface area contributed by atoms with Gasteiger partial charge >= 0.3 is 0 Å². The fourth-order valence-electron chi connectivity index (χ4n) is 4.19. The number of methoxy groups -OCH3 is 1. The lowest BCUT2D eigenvalue weighted by Gasteiger charge is -2.35. The summed E-state index contributed by atoms with van der Waals surface area (Å²) in [6, 6.07) is 7.42. The number of piperidine rings is 1. The van der Waals surface area contributed by atoms with Crippen LogP contribution in [0.25, 0.3) is 0 Å². The highest BCUT2D eigenvalue weighted by atomic mass is 32.1. The molecule has 0 aliphatic carbocycles. The average Bonchev–Trinajstić information content (AvgIpc) is 3.28. The third kappa shape index (κ3) is 5.49. The van der Waals surface area contributed by atoms with Crippen molar-refractivity contribution in [3.63, 3.8) is 0 Å². The topological polar surface area (TPSA) is 58.1 Å². The van der Waals surface area contributed by atoms with E-state index < -0.39 is 6.10 Å². The SMILES string of the molecule is COc1ccccc1O[C@@H](C)C(=O)N1CCN(c2nc(CN3CCCCC3)cs2)CC1. The highest BCUT2D eigenvalue weighted by Crippen LogP contribution is 2.28. The number of aromatic nitrogens is 1. The van der Waals surface area contributed by atoms with Gasteiger partial charge in [0.15, 0.2) is 22.7 Å². The average molecular weight is 445 g/mol. The predicted molar refractivity (Wildman–Crippen MR) is 123 cm³/mol. The number of hydrogen-bond acceptors (Lipinski definition) is 7. The number of carbonyl (C=O) groups is 1. The number of anilines is 1. The Morgan fingerprint density at radius 2 is 1.77 bits per heavy atom. The number of piperazine rings is 1. The zero-order valence-electron chi connectivity index (χ0n) is 18.5. The van der Waals surface area contributed by atoms with Gasteiger partial charge in [-0.25, -0.2) is 4.98 Å². The van der Waals surface area contributed by atoms with Crippen LogP contribution in [-0.2, 0) is 11.3 Å². The second-order valence-corrected chi connectivity index (χ2v) is 9.02. The minimum atomic E-state index is -0.557. The van der Waals surface area contributed by atoms with E-state index in [1.807, 2.05) is 29.2 Å². The fourth-order valence-corrected chi connectivity index (χ4v) is 5.06. The van der Waals surface area contributed by atoms with E-state index in [-0.39, 0.29) is 5.91 Å². The van der Waals surface area contributed by atoms with Gasteiger partial charge in [0.1, 0.15) is 0 Å². The summed E-state index contributed by atoms with van der Waals surface area (Å²) in [7, 11) is 1.60. The number of carbonyl (C=O) groups excluding carboxylic acids is 1. The van der Waals surface area contributed by atoms with Crippen molar-refractivity contribution in [2.24, 2.45) is 0 Å². The summed E-state index contributed by atoms with van der Waals surface area (Å²) in [4.78, 5) is 24.4. The van der Waals surface area contributed by atoms with Crippen LogP contribution in [-0.4, -0.2) is 73.2 Å². The highest BCUT2D eigenvalue weighted by molar-refractivity contribution is 7.13. The van der Waals surface area contributed by atoms with Crippen molar-refractivity contribution in [3.8, 4) is 11.5 Å². The summed E-state index contributed by atoms with van der Waals surface area (Å²) >= 11 is 1.71. The quantitative estimate of drug-likeness (QED) is 0.653. The van der Waals surface area contributed by atoms with Crippen molar-refractivity contribution in [3.05, 3.63) is 35.3 Å². The molecule has 7 nitrogen and oxygen atoms in total. The summed E-state index contributed by atoms with van der Waals surface area (Å²) < 4.78 is 11.2. The van der Waals surface area contributed by atoms with Crippen molar-refractivity contribution in [2.45, 2.75) is 38.8 Å². The maximum atomic E-state index is 12.9. The minimum absolute atomic E-state index is 0.00971. The lowest BCUT2D eigenvalue weighted by Crippen LogP contribution is -2.52. The molecule has 168 valence electrons. The summed E-state index contributed by atoms with van der Waals surface area (Å²) in [6.07, 6.45) is 3.39. The molecular formula is C23H32N4O3S. The van der Waals surface area contributed by atoms with Crippen LogP contribution in [0.3, 0.4) is 0 Å². The highest BCUT2D eigenvalue weighted by Gasteiger charge is 2.27. The third-order valence-corrected chi connectivity index (χ3v) is 6.91. The minimum Gasteiger partial charge on any atom is -0.493 e. The Balaban J connectivity index is 1.27. The normalized spacial score (nSPS) is 18.6. The first kappa shape index (κ1) is 21.9. The second kappa shape index (κ2) is 10.3. The van der Waals surface area contributed by atoms with Crippen molar-refractivity contribution >= 4 is 22.4 Å². The van der Waals surface area contributed by atoms with E-state index in [0.717, 1.165) is 24.8 Å². The molecule has 0 unspecified atom stereocenters. The van der Waals surface area contributed by atoms with Crippen LogP contribution in [0.5, 0.6) is 11.5 Å². The maximum absolute atomic E-state index is 12.9. The Labute approximate surface area is 188 Å². The molecule has 0 N–H and O–H groups in total. The molecule has 2 saturated heterocycles. The first-order valence-electron chi connectivity index (χ1n) is 11.1. The van der Waals surface area contributed by atoms with Crippen molar-refractivity contribution < 1.29 is 14.3 Å². The van der Waals surface area contributed by atoms with Crippen LogP contribution < -0.4 is 14.4 Å². The van der Waals surface area contributed by atoms with Gasteiger partial charge in [0.2, 0.25) is 0 Å². The molecule has 4 rings (SSSR count). The summed E-state index contributed by atoms with van der Waals surface area (Å²) in [5.41, 5.74) is 1.17. The molecule has 2 aliphatic heterocycles. The number of para-hydroxylation sites is 2. The zero-order chi connectivity index (χ0) is 21.6. The third-order valence-electron chi connectivity index (χ3n) is 5.96. The van der Waals surface area contributed by atoms with Crippen LogP contribution >= 0.6 is 11.3 Å². The molecule has 0 saturated carbocycles. The largest absolute Gasteiger partial charge is 0.493 e. The monoisotopic (exact) mass is 444 g/mol. The van der Waals surface area contributed by atoms with Gasteiger partial charge in [-0.15, -0.1) is 11.3 Å². The molecule has 2 fully saturated rings. The molecule has 1 amide bonds. The Kier molecular flexibility index (Phi) is 7.29. The number of likely N-dealkylation sites (tertiary alicyclic amines) is 1. The maximum Gasteiger partial charge on any atom is 0.263 e.